The number of carbonyl (C=O) groups excluding carboxylic acids is 1. The average Bonchev–Trinajstić information content (AvgIpc) is 3.31. The van der Waals surface area contributed by atoms with Gasteiger partial charge in [-0.05, 0) is 35.7 Å². The lowest BCUT2D eigenvalue weighted by Crippen LogP contribution is -2.49. The normalized spacial score (nSPS) is 14.9. The molecule has 0 atom stereocenters. The predicted octanol–water partition coefficient (Wildman–Crippen LogP) is 3.66. The monoisotopic (exact) mass is 475 g/mol. The zero-order valence-corrected chi connectivity index (χ0v) is 19.0. The summed E-state index contributed by atoms with van der Waals surface area (Å²) < 4.78 is 47.1. The van der Waals surface area contributed by atoms with Gasteiger partial charge in [0.25, 0.3) is 5.91 Å². The molecule has 0 aliphatic carbocycles. The number of piperazine rings is 1. The van der Waals surface area contributed by atoms with Crippen LogP contribution in [0.25, 0.3) is 0 Å². The van der Waals surface area contributed by atoms with Gasteiger partial charge in [-0.25, -0.2) is 12.8 Å². The van der Waals surface area contributed by atoms with E-state index >= 15 is 0 Å². The molecule has 2 aromatic carbocycles. The van der Waals surface area contributed by atoms with Gasteiger partial charge in [-0.3, -0.25) is 4.79 Å². The van der Waals surface area contributed by atoms with Crippen LogP contribution in [0.1, 0.15) is 9.67 Å². The molecule has 1 N–H and O–H groups in total. The fourth-order valence-corrected chi connectivity index (χ4v) is 6.29. The Kier molecular flexibility index (Phi) is 6.45. The van der Waals surface area contributed by atoms with Crippen LogP contribution in [0.15, 0.2) is 64.9 Å². The molecule has 2 heterocycles. The smallest absolute Gasteiger partial charge is 0.267 e. The summed E-state index contributed by atoms with van der Waals surface area (Å²) >= 11 is 1.07. The number of anilines is 2. The zero-order valence-electron chi connectivity index (χ0n) is 17.3. The number of hydrogen-bond donors (Lipinski definition) is 1. The van der Waals surface area contributed by atoms with Gasteiger partial charge in [-0.2, -0.15) is 4.31 Å². The summed E-state index contributed by atoms with van der Waals surface area (Å²) in [6, 6.07) is 14.7. The number of sulfonamides is 1. The summed E-state index contributed by atoms with van der Waals surface area (Å²) in [4.78, 5) is 14.7. The Morgan fingerprint density at radius 2 is 1.81 bits per heavy atom. The van der Waals surface area contributed by atoms with Gasteiger partial charge >= 0.3 is 0 Å². The van der Waals surface area contributed by atoms with Crippen molar-refractivity contribution in [1.82, 2.24) is 4.31 Å². The third kappa shape index (κ3) is 4.47. The third-order valence-corrected chi connectivity index (χ3v) is 8.20. The molecule has 1 saturated heterocycles. The van der Waals surface area contributed by atoms with Crippen molar-refractivity contribution >= 4 is 38.6 Å². The van der Waals surface area contributed by atoms with Crippen LogP contribution < -0.4 is 15.0 Å². The maximum Gasteiger partial charge on any atom is 0.267 e. The summed E-state index contributed by atoms with van der Waals surface area (Å²) in [6.45, 7) is 1.11. The molecule has 4 rings (SSSR count). The molecule has 1 fully saturated rings. The van der Waals surface area contributed by atoms with Crippen LogP contribution in [-0.2, 0) is 10.0 Å². The highest BCUT2D eigenvalue weighted by Gasteiger charge is 2.33. The van der Waals surface area contributed by atoms with Crippen molar-refractivity contribution in [3.05, 3.63) is 70.7 Å². The maximum atomic E-state index is 14.1. The lowest BCUT2D eigenvalue weighted by molar-refractivity contribution is 0.102. The van der Waals surface area contributed by atoms with Gasteiger partial charge < -0.3 is 15.0 Å². The second-order valence-corrected chi connectivity index (χ2v) is 9.97. The van der Waals surface area contributed by atoms with Gasteiger partial charge in [0, 0.05) is 37.9 Å². The quantitative estimate of drug-likeness (QED) is 0.589. The van der Waals surface area contributed by atoms with Gasteiger partial charge in [0.2, 0.25) is 10.0 Å². The second-order valence-electron chi connectivity index (χ2n) is 7.14. The fraction of sp³-hybridized carbons (Fsp3) is 0.227. The molecule has 1 aliphatic heterocycles. The van der Waals surface area contributed by atoms with Gasteiger partial charge in [0.15, 0.2) is 0 Å². The Bertz CT molecular complexity index is 1220. The van der Waals surface area contributed by atoms with Gasteiger partial charge in [-0.1, -0.05) is 18.2 Å². The molecule has 1 aliphatic rings. The number of amides is 1. The number of nitrogens with zero attached hydrogens (tertiary/aromatic N) is 2. The number of methoxy groups -OCH3 is 1. The molecule has 10 heteroatoms. The average molecular weight is 476 g/mol. The van der Waals surface area contributed by atoms with Crippen LogP contribution in [0.3, 0.4) is 0 Å². The number of hydrogen-bond acceptors (Lipinski definition) is 6. The summed E-state index contributed by atoms with van der Waals surface area (Å²) in [5.74, 6) is -0.260. The topological polar surface area (TPSA) is 78.9 Å². The molecular formula is C22H22FN3O4S2. The highest BCUT2D eigenvalue weighted by molar-refractivity contribution is 7.89. The fourth-order valence-electron chi connectivity index (χ4n) is 3.57. The summed E-state index contributed by atoms with van der Waals surface area (Å²) in [5.41, 5.74) is 0.961. The SMILES string of the molecule is COc1cccc(NC(=O)c2sccc2S(=O)(=O)N2CCN(c3ccccc3F)CC2)c1. The third-order valence-electron chi connectivity index (χ3n) is 5.21. The number of carbonyl (C=O) groups is 1. The number of rotatable bonds is 6. The first-order valence-electron chi connectivity index (χ1n) is 9.92. The van der Waals surface area contributed by atoms with Crippen molar-refractivity contribution < 1.29 is 22.3 Å². The Hall–Kier alpha value is -2.95. The van der Waals surface area contributed by atoms with E-state index in [-0.39, 0.29) is 28.7 Å². The molecule has 7 nitrogen and oxygen atoms in total. The van der Waals surface area contributed by atoms with Crippen molar-refractivity contribution in [3.8, 4) is 5.75 Å². The number of benzene rings is 2. The van der Waals surface area contributed by atoms with Gasteiger partial charge in [0.05, 0.1) is 12.8 Å². The first-order valence-corrected chi connectivity index (χ1v) is 12.2. The van der Waals surface area contributed by atoms with Crippen LogP contribution >= 0.6 is 11.3 Å². The molecule has 0 bridgehead atoms. The Balaban J connectivity index is 1.49. The van der Waals surface area contributed by atoms with Crippen molar-refractivity contribution in [2.24, 2.45) is 0 Å². The number of para-hydroxylation sites is 1. The van der Waals surface area contributed by atoms with E-state index in [9.17, 15) is 17.6 Å². The summed E-state index contributed by atoms with van der Waals surface area (Å²) in [7, 11) is -2.35. The van der Waals surface area contributed by atoms with E-state index in [1.807, 2.05) is 4.90 Å². The molecule has 0 spiro atoms. The van der Waals surface area contributed by atoms with E-state index in [4.69, 9.17) is 4.74 Å². The minimum absolute atomic E-state index is 0.0257. The van der Waals surface area contributed by atoms with E-state index in [1.54, 1.807) is 47.8 Å². The van der Waals surface area contributed by atoms with Crippen molar-refractivity contribution in [2.75, 3.05) is 43.5 Å². The molecule has 1 amide bonds. The highest BCUT2D eigenvalue weighted by Crippen LogP contribution is 2.29. The van der Waals surface area contributed by atoms with E-state index in [0.717, 1.165) is 11.3 Å². The van der Waals surface area contributed by atoms with E-state index in [0.29, 0.717) is 30.2 Å². The van der Waals surface area contributed by atoms with Crippen molar-refractivity contribution in [3.63, 3.8) is 0 Å². The van der Waals surface area contributed by atoms with Gasteiger partial charge in [-0.15, -0.1) is 11.3 Å². The number of halogens is 1. The molecule has 0 radical (unpaired) electrons. The first kappa shape index (κ1) is 22.3. The number of thiophene rings is 1. The summed E-state index contributed by atoms with van der Waals surface area (Å²) in [5, 5.41) is 4.31. The van der Waals surface area contributed by atoms with E-state index in [1.165, 1.54) is 23.5 Å². The van der Waals surface area contributed by atoms with Crippen LogP contribution in [0.2, 0.25) is 0 Å². The lowest BCUT2D eigenvalue weighted by atomic mass is 10.2. The Morgan fingerprint density at radius 3 is 2.53 bits per heavy atom. The van der Waals surface area contributed by atoms with E-state index in [2.05, 4.69) is 5.32 Å². The Labute approximate surface area is 190 Å². The van der Waals surface area contributed by atoms with E-state index < -0.39 is 15.9 Å². The van der Waals surface area contributed by atoms with Crippen LogP contribution in [0.5, 0.6) is 5.75 Å². The van der Waals surface area contributed by atoms with Gasteiger partial charge in [0.1, 0.15) is 21.3 Å². The standard InChI is InChI=1S/C22H22FN3O4S2/c1-30-17-6-4-5-16(15-17)24-22(27)21-20(9-14-31-21)32(28,29)26-12-10-25(11-13-26)19-8-3-2-7-18(19)23/h2-9,14-15H,10-13H2,1H3,(H,24,27). The number of nitrogens with one attached hydrogen (secondary N) is 1. The number of ether oxygens (including phenoxy) is 1. The molecule has 3 aromatic rings. The minimum atomic E-state index is -3.88. The van der Waals surface area contributed by atoms with Crippen molar-refractivity contribution in [1.29, 1.82) is 0 Å². The predicted molar refractivity (Wildman–Crippen MR) is 123 cm³/mol. The molecular weight excluding hydrogens is 453 g/mol. The molecule has 1 aromatic heterocycles. The lowest BCUT2D eigenvalue weighted by Gasteiger charge is -2.35. The molecule has 32 heavy (non-hydrogen) atoms. The molecule has 0 saturated carbocycles. The maximum absolute atomic E-state index is 14.1. The Morgan fingerprint density at radius 1 is 1.06 bits per heavy atom. The highest BCUT2D eigenvalue weighted by atomic mass is 32.2. The minimum Gasteiger partial charge on any atom is -0.497 e. The first-order chi connectivity index (χ1) is 15.4. The summed E-state index contributed by atoms with van der Waals surface area (Å²) in [6.07, 6.45) is 0. The van der Waals surface area contributed by atoms with Crippen molar-refractivity contribution in [2.45, 2.75) is 4.90 Å². The van der Waals surface area contributed by atoms with Crippen LogP contribution in [0.4, 0.5) is 15.8 Å². The zero-order chi connectivity index (χ0) is 22.7. The second kappa shape index (κ2) is 9.27. The van der Waals surface area contributed by atoms with Crippen LogP contribution in [0, 0.1) is 5.82 Å². The largest absolute Gasteiger partial charge is 0.497 e. The molecule has 0 unspecified atom stereocenters. The molecule has 168 valence electrons. The van der Waals surface area contributed by atoms with Crippen LogP contribution in [-0.4, -0.2) is 51.9 Å².